The second-order valence-electron chi connectivity index (χ2n) is 7.77. The summed E-state index contributed by atoms with van der Waals surface area (Å²) in [5.41, 5.74) is 6.51. The van der Waals surface area contributed by atoms with Crippen molar-refractivity contribution in [1.29, 1.82) is 0 Å². The molecular weight excluding hydrogens is 322 g/mol. The van der Waals surface area contributed by atoms with E-state index >= 15 is 0 Å². The smallest absolute Gasteiger partial charge is 0.330 e. The summed E-state index contributed by atoms with van der Waals surface area (Å²) in [6, 6.07) is 0. The molecule has 2 N–H and O–H groups in total. The van der Waals surface area contributed by atoms with Crippen LogP contribution in [0.1, 0.15) is 111 Å². The monoisotopic (exact) mass is 367 g/mol. The van der Waals surface area contributed by atoms with E-state index in [0.717, 1.165) is 25.7 Å². The normalized spacial score (nSPS) is 12.8. The fourth-order valence-corrected chi connectivity index (χ4v) is 3.79. The lowest BCUT2D eigenvalue weighted by Crippen LogP contribution is -2.46. The third-order valence-electron chi connectivity index (χ3n) is 5.91. The minimum atomic E-state index is -0.335. The molecule has 0 saturated carbocycles. The summed E-state index contributed by atoms with van der Waals surface area (Å²) < 4.78 is 5.19. The third-order valence-corrected chi connectivity index (χ3v) is 5.91. The quantitative estimate of drug-likeness (QED) is 0.170. The highest BCUT2D eigenvalue weighted by molar-refractivity contribution is 5.81. The molecule has 0 spiro atoms. The van der Waals surface area contributed by atoms with E-state index in [2.05, 4.69) is 27.4 Å². The van der Waals surface area contributed by atoms with Crippen molar-refractivity contribution >= 4 is 5.97 Å². The maximum atomic E-state index is 11.3. The first-order valence-electron chi connectivity index (χ1n) is 11.1. The van der Waals surface area contributed by atoms with Gasteiger partial charge in [-0.1, -0.05) is 91.6 Å². The zero-order valence-corrected chi connectivity index (χ0v) is 17.9. The Bertz CT molecular complexity index is 350. The summed E-state index contributed by atoms with van der Waals surface area (Å²) in [5, 5.41) is 0. The summed E-state index contributed by atoms with van der Waals surface area (Å²) in [6.07, 6.45) is 18.7. The van der Waals surface area contributed by atoms with Gasteiger partial charge in [0, 0.05) is 11.6 Å². The van der Waals surface area contributed by atoms with Crippen molar-refractivity contribution in [2.75, 3.05) is 6.61 Å². The van der Waals surface area contributed by atoms with Crippen molar-refractivity contribution in [2.45, 2.75) is 116 Å². The number of esters is 1. The fraction of sp³-hybridized carbons (Fsp3) is 0.870. The van der Waals surface area contributed by atoms with Crippen LogP contribution in [0.3, 0.4) is 0 Å². The minimum Gasteiger partial charge on any atom is -0.463 e. The highest BCUT2D eigenvalue weighted by atomic mass is 16.5. The summed E-state index contributed by atoms with van der Waals surface area (Å²) in [7, 11) is 0. The molecule has 0 fully saturated rings. The average Bonchev–Trinajstić information content (AvgIpc) is 2.67. The van der Waals surface area contributed by atoms with Gasteiger partial charge in [0.05, 0.1) is 6.61 Å². The number of carbonyl (C=O) groups is 1. The fourth-order valence-electron chi connectivity index (χ4n) is 3.79. The first kappa shape index (κ1) is 25.2. The third kappa shape index (κ3) is 11.7. The van der Waals surface area contributed by atoms with Gasteiger partial charge in [-0.05, 0) is 31.6 Å². The molecule has 26 heavy (non-hydrogen) atoms. The van der Waals surface area contributed by atoms with Gasteiger partial charge in [0.1, 0.15) is 0 Å². The highest BCUT2D eigenvalue weighted by Gasteiger charge is 2.30. The zero-order chi connectivity index (χ0) is 19.7. The van der Waals surface area contributed by atoms with E-state index in [9.17, 15) is 4.79 Å². The number of hydrogen-bond acceptors (Lipinski definition) is 3. The lowest BCUT2D eigenvalue weighted by molar-refractivity contribution is -0.138. The topological polar surface area (TPSA) is 52.3 Å². The van der Waals surface area contributed by atoms with Gasteiger partial charge in [0.25, 0.3) is 0 Å². The molecule has 1 unspecified atom stereocenters. The van der Waals surface area contributed by atoms with Crippen molar-refractivity contribution in [2.24, 2.45) is 11.7 Å². The van der Waals surface area contributed by atoms with Crippen molar-refractivity contribution in [3.63, 3.8) is 0 Å². The molecule has 3 nitrogen and oxygen atoms in total. The number of unbranched alkanes of at least 4 members (excludes halogenated alkanes) is 9. The number of nitrogens with two attached hydrogens (primary N) is 1. The average molecular weight is 368 g/mol. The molecule has 0 aliphatic rings. The van der Waals surface area contributed by atoms with Gasteiger partial charge in [0.15, 0.2) is 0 Å². The van der Waals surface area contributed by atoms with E-state index in [1.165, 1.54) is 70.3 Å². The van der Waals surface area contributed by atoms with Gasteiger partial charge in [-0.25, -0.2) is 4.79 Å². The first-order chi connectivity index (χ1) is 12.5. The number of rotatable bonds is 18. The van der Waals surface area contributed by atoms with Crippen LogP contribution in [0.2, 0.25) is 0 Å². The molecule has 3 heteroatoms. The lowest BCUT2D eigenvalue weighted by Gasteiger charge is -2.36. The molecule has 0 saturated heterocycles. The molecule has 0 aromatic rings. The SMILES string of the molecule is C=CC(=O)OCCC(CCCCCCCCCCCC)C(N)(CC)CC. The second kappa shape index (κ2) is 16.4. The molecule has 0 bridgehead atoms. The Labute approximate surface area is 163 Å². The Kier molecular flexibility index (Phi) is 15.8. The standard InChI is InChI=1S/C23H45NO2/c1-5-9-10-11-12-13-14-15-16-17-18-21(23(24,7-3)8-4)19-20-26-22(25)6-2/h6,21H,2,5,7-20,24H2,1,3-4H3. The highest BCUT2D eigenvalue weighted by Crippen LogP contribution is 2.30. The zero-order valence-electron chi connectivity index (χ0n) is 17.9. The minimum absolute atomic E-state index is 0.139. The van der Waals surface area contributed by atoms with E-state index in [4.69, 9.17) is 10.5 Å². The van der Waals surface area contributed by atoms with Crippen LogP contribution in [-0.2, 0) is 9.53 Å². The summed E-state index contributed by atoms with van der Waals surface area (Å²) in [5.74, 6) is 0.0856. The van der Waals surface area contributed by atoms with Crippen molar-refractivity contribution < 1.29 is 9.53 Å². The van der Waals surface area contributed by atoms with E-state index in [-0.39, 0.29) is 11.5 Å². The molecule has 0 aromatic heterocycles. The molecule has 0 heterocycles. The van der Waals surface area contributed by atoms with Crippen molar-refractivity contribution in [1.82, 2.24) is 0 Å². The maximum Gasteiger partial charge on any atom is 0.330 e. The van der Waals surface area contributed by atoms with Crippen LogP contribution < -0.4 is 5.73 Å². The molecule has 1 atom stereocenters. The Balaban J connectivity index is 4.03. The number of hydrogen-bond donors (Lipinski definition) is 1. The van der Waals surface area contributed by atoms with Gasteiger partial charge in [-0.2, -0.15) is 0 Å². The summed E-state index contributed by atoms with van der Waals surface area (Å²) in [6.45, 7) is 10.5. The molecule has 0 radical (unpaired) electrons. The van der Waals surface area contributed by atoms with E-state index in [1.807, 2.05) is 0 Å². The molecule has 0 amide bonds. The largest absolute Gasteiger partial charge is 0.463 e. The van der Waals surface area contributed by atoms with Crippen molar-refractivity contribution in [3.8, 4) is 0 Å². The maximum absolute atomic E-state index is 11.3. The molecule has 0 aliphatic heterocycles. The van der Waals surface area contributed by atoms with Crippen LogP contribution >= 0.6 is 0 Å². The van der Waals surface area contributed by atoms with E-state index in [1.54, 1.807) is 0 Å². The lowest BCUT2D eigenvalue weighted by atomic mass is 9.76. The Morgan fingerprint density at radius 2 is 1.42 bits per heavy atom. The summed E-state index contributed by atoms with van der Waals surface area (Å²) >= 11 is 0. The molecule has 154 valence electrons. The van der Waals surface area contributed by atoms with Crippen LogP contribution in [0, 0.1) is 5.92 Å². The van der Waals surface area contributed by atoms with E-state index in [0.29, 0.717) is 12.5 Å². The number of ether oxygens (including phenoxy) is 1. The van der Waals surface area contributed by atoms with Crippen LogP contribution in [-0.4, -0.2) is 18.1 Å². The summed E-state index contributed by atoms with van der Waals surface area (Å²) in [4.78, 5) is 11.3. The van der Waals surface area contributed by atoms with E-state index < -0.39 is 0 Å². The van der Waals surface area contributed by atoms with Gasteiger partial charge < -0.3 is 10.5 Å². The van der Waals surface area contributed by atoms with Gasteiger partial charge in [-0.15, -0.1) is 0 Å². The van der Waals surface area contributed by atoms with Crippen molar-refractivity contribution in [3.05, 3.63) is 12.7 Å². The predicted octanol–water partition coefficient (Wildman–Crippen LogP) is 6.55. The Hall–Kier alpha value is -0.830. The van der Waals surface area contributed by atoms with Gasteiger partial charge in [0.2, 0.25) is 0 Å². The molecular formula is C23H45NO2. The Morgan fingerprint density at radius 3 is 1.88 bits per heavy atom. The second-order valence-corrected chi connectivity index (χ2v) is 7.77. The molecule has 0 aromatic carbocycles. The number of carbonyl (C=O) groups excluding carboxylic acids is 1. The Morgan fingerprint density at radius 1 is 0.923 bits per heavy atom. The van der Waals surface area contributed by atoms with Gasteiger partial charge in [-0.3, -0.25) is 0 Å². The van der Waals surface area contributed by atoms with Crippen LogP contribution in [0.25, 0.3) is 0 Å². The molecule has 0 aliphatic carbocycles. The van der Waals surface area contributed by atoms with Gasteiger partial charge >= 0.3 is 5.97 Å². The van der Waals surface area contributed by atoms with Crippen LogP contribution in [0.5, 0.6) is 0 Å². The predicted molar refractivity (Wildman–Crippen MR) is 113 cm³/mol. The molecule has 0 rings (SSSR count). The van der Waals surface area contributed by atoms with Crippen LogP contribution in [0.4, 0.5) is 0 Å². The first-order valence-corrected chi connectivity index (χ1v) is 11.1. The van der Waals surface area contributed by atoms with Crippen LogP contribution in [0.15, 0.2) is 12.7 Å².